The van der Waals surface area contributed by atoms with Crippen LogP contribution >= 0.6 is 0 Å². The highest BCUT2D eigenvalue weighted by Crippen LogP contribution is 2.31. The van der Waals surface area contributed by atoms with E-state index in [1.54, 1.807) is 6.92 Å². The second-order valence-corrected chi connectivity index (χ2v) is 7.11. The minimum Gasteiger partial charge on any atom is -0.360 e. The summed E-state index contributed by atoms with van der Waals surface area (Å²) in [5.41, 5.74) is 0.319. The molecule has 1 saturated heterocycles. The van der Waals surface area contributed by atoms with Gasteiger partial charge in [-0.25, -0.2) is 8.42 Å². The van der Waals surface area contributed by atoms with Crippen LogP contribution in [0.3, 0.4) is 0 Å². The van der Waals surface area contributed by atoms with Gasteiger partial charge >= 0.3 is 0 Å². The average Bonchev–Trinajstić information content (AvgIpc) is 2.54. The predicted octanol–water partition coefficient (Wildman–Crippen LogP) is 1.97. The molecule has 1 unspecified atom stereocenters. The summed E-state index contributed by atoms with van der Waals surface area (Å²) in [6, 6.07) is 9.22. The zero-order valence-corrected chi connectivity index (χ0v) is 11.8. The van der Waals surface area contributed by atoms with Gasteiger partial charge in [-0.15, -0.1) is 0 Å². The molecular weight excluding hydrogens is 250 g/mol. The van der Waals surface area contributed by atoms with Crippen molar-refractivity contribution in [1.29, 1.82) is 0 Å². The second kappa shape index (κ2) is 4.64. The van der Waals surface area contributed by atoms with E-state index in [1.807, 2.05) is 44.2 Å². The van der Waals surface area contributed by atoms with Crippen molar-refractivity contribution in [1.82, 2.24) is 4.31 Å². The number of benzene rings is 1. The summed E-state index contributed by atoms with van der Waals surface area (Å²) < 4.78 is 31.9. The highest BCUT2D eigenvalue weighted by atomic mass is 32.2. The highest BCUT2D eigenvalue weighted by Gasteiger charge is 2.45. The molecule has 1 aromatic rings. The van der Waals surface area contributed by atoms with Gasteiger partial charge in [-0.1, -0.05) is 30.3 Å². The van der Waals surface area contributed by atoms with Crippen LogP contribution < -0.4 is 0 Å². The van der Waals surface area contributed by atoms with Gasteiger partial charge in [0.15, 0.2) is 0 Å². The van der Waals surface area contributed by atoms with Crippen molar-refractivity contribution in [2.45, 2.75) is 38.3 Å². The maximum Gasteiger partial charge on any atom is 0.221 e. The van der Waals surface area contributed by atoms with Gasteiger partial charge in [0.2, 0.25) is 10.0 Å². The molecule has 0 N–H and O–H groups in total. The van der Waals surface area contributed by atoms with E-state index in [4.69, 9.17) is 4.74 Å². The van der Waals surface area contributed by atoms with Gasteiger partial charge in [-0.2, -0.15) is 4.31 Å². The lowest BCUT2D eigenvalue weighted by Crippen LogP contribution is -2.47. The maximum absolute atomic E-state index is 12.5. The molecule has 1 aliphatic heterocycles. The Kier molecular flexibility index (Phi) is 3.49. The number of hydrogen-bond donors (Lipinski definition) is 0. The van der Waals surface area contributed by atoms with E-state index in [0.717, 1.165) is 5.56 Å². The Balaban J connectivity index is 2.26. The van der Waals surface area contributed by atoms with Crippen LogP contribution in [0.5, 0.6) is 0 Å². The summed E-state index contributed by atoms with van der Waals surface area (Å²) in [4.78, 5) is 0. The van der Waals surface area contributed by atoms with Crippen molar-refractivity contribution in [3.8, 4) is 0 Å². The zero-order chi connectivity index (χ0) is 13.4. The van der Waals surface area contributed by atoms with Crippen LogP contribution in [-0.4, -0.2) is 31.1 Å². The summed E-state index contributed by atoms with van der Waals surface area (Å²) in [5.74, 6) is 0.0188. The smallest absolute Gasteiger partial charge is 0.221 e. The molecule has 0 radical (unpaired) electrons. The number of sulfonamides is 1. The van der Waals surface area contributed by atoms with E-state index in [1.165, 1.54) is 4.31 Å². The lowest BCUT2D eigenvalue weighted by Gasteiger charge is -2.30. The molecule has 100 valence electrons. The van der Waals surface area contributed by atoms with Gasteiger partial charge in [0.25, 0.3) is 0 Å². The summed E-state index contributed by atoms with van der Waals surface area (Å²) in [6.45, 7) is 5.98. The Morgan fingerprint density at radius 3 is 2.44 bits per heavy atom. The monoisotopic (exact) mass is 269 g/mol. The number of ether oxygens (including phenoxy) is 1. The van der Waals surface area contributed by atoms with Crippen molar-refractivity contribution in [2.24, 2.45) is 0 Å². The molecule has 0 aromatic heterocycles. The molecule has 1 aromatic carbocycles. The zero-order valence-electron chi connectivity index (χ0n) is 11.0. The first-order valence-electron chi connectivity index (χ1n) is 6.01. The van der Waals surface area contributed by atoms with E-state index in [9.17, 15) is 8.42 Å². The van der Waals surface area contributed by atoms with Crippen LogP contribution in [-0.2, 0) is 20.5 Å². The Morgan fingerprint density at radius 1 is 1.33 bits per heavy atom. The molecule has 0 bridgehead atoms. The summed E-state index contributed by atoms with van der Waals surface area (Å²) in [6.07, 6.45) is -0.395. The minimum atomic E-state index is -3.36. The molecule has 0 amide bonds. The van der Waals surface area contributed by atoms with Crippen LogP contribution in [0.15, 0.2) is 30.3 Å². The number of nitrogens with zero attached hydrogens (tertiary/aromatic N) is 1. The lowest BCUT2D eigenvalue weighted by molar-refractivity contribution is 0.0843. The number of rotatable bonds is 3. The van der Waals surface area contributed by atoms with Gasteiger partial charge in [0.1, 0.15) is 6.23 Å². The van der Waals surface area contributed by atoms with Crippen LogP contribution in [0.2, 0.25) is 0 Å². The first-order chi connectivity index (χ1) is 8.33. The maximum atomic E-state index is 12.5. The van der Waals surface area contributed by atoms with Gasteiger partial charge in [0.05, 0.1) is 17.9 Å². The average molecular weight is 269 g/mol. The molecule has 1 heterocycles. The molecular formula is C13H19NO3S. The van der Waals surface area contributed by atoms with Gasteiger partial charge < -0.3 is 4.74 Å². The van der Waals surface area contributed by atoms with Crippen LogP contribution in [0, 0.1) is 0 Å². The Bertz CT molecular complexity index is 510. The molecule has 0 saturated carbocycles. The molecule has 1 fully saturated rings. The van der Waals surface area contributed by atoms with Crippen LogP contribution in [0.1, 0.15) is 26.3 Å². The van der Waals surface area contributed by atoms with E-state index in [-0.39, 0.29) is 5.75 Å². The Labute approximate surface area is 109 Å². The fourth-order valence-corrected chi connectivity index (χ4v) is 4.48. The third-order valence-electron chi connectivity index (χ3n) is 3.10. The summed E-state index contributed by atoms with van der Waals surface area (Å²) >= 11 is 0. The van der Waals surface area contributed by atoms with Gasteiger partial charge in [0, 0.05) is 0 Å². The first-order valence-corrected chi connectivity index (χ1v) is 7.62. The normalized spacial score (nSPS) is 24.3. The first kappa shape index (κ1) is 13.5. The molecule has 18 heavy (non-hydrogen) atoms. The number of hydrogen-bond acceptors (Lipinski definition) is 3. The van der Waals surface area contributed by atoms with E-state index in [2.05, 4.69) is 0 Å². The van der Waals surface area contributed by atoms with E-state index < -0.39 is 21.8 Å². The van der Waals surface area contributed by atoms with Gasteiger partial charge in [-0.05, 0) is 26.3 Å². The van der Waals surface area contributed by atoms with Crippen LogP contribution in [0.4, 0.5) is 0 Å². The molecule has 1 atom stereocenters. The fraction of sp³-hybridized carbons (Fsp3) is 0.538. The quantitative estimate of drug-likeness (QED) is 0.843. The van der Waals surface area contributed by atoms with Crippen LogP contribution in [0.25, 0.3) is 0 Å². The van der Waals surface area contributed by atoms with Crippen molar-refractivity contribution >= 4 is 10.0 Å². The van der Waals surface area contributed by atoms with Crippen molar-refractivity contribution in [3.63, 3.8) is 0 Å². The third-order valence-corrected chi connectivity index (χ3v) is 5.18. The molecule has 0 spiro atoms. The lowest BCUT2D eigenvalue weighted by atomic mass is 10.1. The third kappa shape index (κ3) is 2.58. The molecule has 1 aliphatic rings. The second-order valence-electron chi connectivity index (χ2n) is 5.26. The molecule has 4 nitrogen and oxygen atoms in total. The molecule has 0 aliphatic carbocycles. The summed E-state index contributed by atoms with van der Waals surface area (Å²) in [7, 11) is -3.36. The highest BCUT2D eigenvalue weighted by molar-refractivity contribution is 7.88. The SMILES string of the molecule is CC1OCC(C)(C)N1S(=O)(=O)Cc1ccccc1. The van der Waals surface area contributed by atoms with Crippen molar-refractivity contribution in [2.75, 3.05) is 6.61 Å². The van der Waals surface area contributed by atoms with Gasteiger partial charge in [-0.3, -0.25) is 0 Å². The van der Waals surface area contributed by atoms with E-state index >= 15 is 0 Å². The fourth-order valence-electron chi connectivity index (χ4n) is 2.41. The molecule has 2 rings (SSSR count). The minimum absolute atomic E-state index is 0.0188. The Hall–Kier alpha value is -0.910. The largest absolute Gasteiger partial charge is 0.360 e. The topological polar surface area (TPSA) is 46.6 Å². The van der Waals surface area contributed by atoms with Crippen molar-refractivity contribution < 1.29 is 13.2 Å². The van der Waals surface area contributed by atoms with E-state index in [0.29, 0.717) is 6.61 Å². The molecule has 5 heteroatoms. The standard InChI is InChI=1S/C13H19NO3S/c1-11-14(13(2,3)10-17-11)18(15,16)9-12-7-5-4-6-8-12/h4-8,11H,9-10H2,1-3H3. The predicted molar refractivity (Wildman–Crippen MR) is 70.4 cm³/mol. The van der Waals surface area contributed by atoms with Crippen molar-refractivity contribution in [3.05, 3.63) is 35.9 Å². The Morgan fingerprint density at radius 2 is 1.94 bits per heavy atom. The summed E-state index contributed by atoms with van der Waals surface area (Å²) in [5, 5.41) is 0.